The van der Waals surface area contributed by atoms with E-state index in [0.29, 0.717) is 6.54 Å². The quantitative estimate of drug-likeness (QED) is 0.517. The van der Waals surface area contributed by atoms with Gasteiger partial charge >= 0.3 is 0 Å². The lowest BCUT2D eigenvalue weighted by Gasteiger charge is -2.34. The van der Waals surface area contributed by atoms with Crippen LogP contribution >= 0.6 is 0 Å². The molecule has 0 aliphatic heterocycles. The summed E-state index contributed by atoms with van der Waals surface area (Å²) in [5.41, 5.74) is 4.01. The molecule has 0 unspecified atom stereocenters. The van der Waals surface area contributed by atoms with Crippen LogP contribution in [0.3, 0.4) is 0 Å². The summed E-state index contributed by atoms with van der Waals surface area (Å²) in [6.45, 7) is 11.6. The van der Waals surface area contributed by atoms with E-state index in [2.05, 4.69) is 50.1 Å². The van der Waals surface area contributed by atoms with Crippen LogP contribution in [0.25, 0.3) is 0 Å². The topological polar surface area (TPSA) is 57.0 Å². The molecule has 0 spiro atoms. The van der Waals surface area contributed by atoms with E-state index in [9.17, 15) is 0 Å². The van der Waals surface area contributed by atoms with Crippen LogP contribution in [0.5, 0.6) is 0 Å². The summed E-state index contributed by atoms with van der Waals surface area (Å²) >= 11 is 0. The van der Waals surface area contributed by atoms with Crippen molar-refractivity contribution in [3.63, 3.8) is 0 Å². The van der Waals surface area contributed by atoms with E-state index in [1.54, 1.807) is 13.3 Å². The summed E-state index contributed by atoms with van der Waals surface area (Å²) in [5.74, 6) is 0. The fraction of sp³-hybridized carbons (Fsp3) is 0.857. The second kappa shape index (κ2) is 7.52. The largest absolute Gasteiger partial charge is 0.394 e. The Kier molecular flexibility index (Phi) is 7.14. The molecular weight excluding hydrogens is 226 g/mol. The maximum atomic E-state index is 8.77. The van der Waals surface area contributed by atoms with Gasteiger partial charge in [-0.05, 0) is 11.8 Å². The molecule has 4 nitrogen and oxygen atoms in total. The lowest BCUT2D eigenvalue weighted by Crippen LogP contribution is -2.32. The van der Waals surface area contributed by atoms with Crippen LogP contribution in [0, 0.1) is 10.8 Å². The number of rotatable bonds is 8. The second-order valence-electron chi connectivity index (χ2n) is 6.06. The SMILES string of the molecule is CCC(C)(C)CC(C)(C)/C(C=NCCO)=N/NC. The van der Waals surface area contributed by atoms with Gasteiger partial charge in [0, 0.05) is 18.7 Å². The number of nitrogens with zero attached hydrogens (tertiary/aromatic N) is 2. The molecule has 0 heterocycles. The third-order valence-electron chi connectivity index (χ3n) is 3.25. The molecule has 18 heavy (non-hydrogen) atoms. The Morgan fingerprint density at radius 3 is 2.33 bits per heavy atom. The number of hydrogen-bond acceptors (Lipinski definition) is 4. The summed E-state index contributed by atoms with van der Waals surface area (Å²) in [4.78, 5) is 4.19. The van der Waals surface area contributed by atoms with Crippen molar-refractivity contribution in [2.24, 2.45) is 20.9 Å². The second-order valence-corrected chi connectivity index (χ2v) is 6.06. The highest BCUT2D eigenvalue weighted by molar-refractivity contribution is 6.32. The van der Waals surface area contributed by atoms with E-state index >= 15 is 0 Å². The first-order valence-corrected chi connectivity index (χ1v) is 6.64. The van der Waals surface area contributed by atoms with Crippen molar-refractivity contribution in [1.29, 1.82) is 0 Å². The number of aliphatic imine (C=N–C) groups is 1. The molecule has 0 atom stereocenters. The van der Waals surface area contributed by atoms with Gasteiger partial charge in [-0.2, -0.15) is 5.10 Å². The minimum atomic E-state index is -0.0402. The van der Waals surface area contributed by atoms with Crippen LogP contribution in [0.1, 0.15) is 47.5 Å². The minimum Gasteiger partial charge on any atom is -0.394 e. The van der Waals surface area contributed by atoms with Crippen molar-refractivity contribution in [2.45, 2.75) is 47.5 Å². The summed E-state index contributed by atoms with van der Waals surface area (Å²) in [6, 6.07) is 0. The predicted molar refractivity (Wildman–Crippen MR) is 79.4 cm³/mol. The lowest BCUT2D eigenvalue weighted by molar-refractivity contribution is 0.244. The van der Waals surface area contributed by atoms with Crippen molar-refractivity contribution in [3.8, 4) is 0 Å². The van der Waals surface area contributed by atoms with Crippen LogP contribution in [0.15, 0.2) is 10.1 Å². The average molecular weight is 255 g/mol. The molecule has 0 saturated carbocycles. The molecule has 0 amide bonds. The number of hydrogen-bond donors (Lipinski definition) is 2. The first-order valence-electron chi connectivity index (χ1n) is 6.64. The Hall–Kier alpha value is -0.900. The van der Waals surface area contributed by atoms with Gasteiger partial charge in [0.25, 0.3) is 0 Å². The number of aliphatic hydroxyl groups excluding tert-OH is 1. The monoisotopic (exact) mass is 255 g/mol. The van der Waals surface area contributed by atoms with Crippen molar-refractivity contribution in [2.75, 3.05) is 20.2 Å². The molecule has 0 radical (unpaired) electrons. The van der Waals surface area contributed by atoms with Gasteiger partial charge in [-0.15, -0.1) is 0 Å². The van der Waals surface area contributed by atoms with Crippen LogP contribution in [-0.4, -0.2) is 37.2 Å². The zero-order valence-electron chi connectivity index (χ0n) is 12.7. The van der Waals surface area contributed by atoms with Gasteiger partial charge in [-0.3, -0.25) is 4.99 Å². The highest BCUT2D eigenvalue weighted by Gasteiger charge is 2.31. The normalized spacial score (nSPS) is 14.3. The Balaban J connectivity index is 4.93. The van der Waals surface area contributed by atoms with Gasteiger partial charge in [0.2, 0.25) is 0 Å². The summed E-state index contributed by atoms with van der Waals surface area (Å²) in [7, 11) is 1.79. The predicted octanol–water partition coefficient (Wildman–Crippen LogP) is 2.48. The minimum absolute atomic E-state index is 0.0402. The van der Waals surface area contributed by atoms with E-state index in [1.807, 2.05) is 0 Å². The van der Waals surface area contributed by atoms with Gasteiger partial charge < -0.3 is 10.5 Å². The number of hydrazone groups is 1. The van der Waals surface area contributed by atoms with E-state index in [-0.39, 0.29) is 17.4 Å². The van der Waals surface area contributed by atoms with Gasteiger partial charge in [0.05, 0.1) is 18.9 Å². The molecule has 0 aromatic rings. The van der Waals surface area contributed by atoms with Crippen LogP contribution in [-0.2, 0) is 0 Å². The van der Waals surface area contributed by atoms with Crippen LogP contribution in [0.4, 0.5) is 0 Å². The van der Waals surface area contributed by atoms with E-state index < -0.39 is 0 Å². The smallest absolute Gasteiger partial charge is 0.0836 e. The van der Waals surface area contributed by atoms with Gasteiger partial charge in [-0.25, -0.2) is 0 Å². The van der Waals surface area contributed by atoms with Crippen molar-refractivity contribution >= 4 is 11.9 Å². The van der Waals surface area contributed by atoms with Crippen molar-refractivity contribution < 1.29 is 5.11 Å². The zero-order valence-corrected chi connectivity index (χ0v) is 12.7. The highest BCUT2D eigenvalue weighted by Crippen LogP contribution is 2.36. The summed E-state index contributed by atoms with van der Waals surface area (Å²) in [6.07, 6.45) is 3.96. The van der Waals surface area contributed by atoms with Gasteiger partial charge in [0.1, 0.15) is 0 Å². The molecule has 2 N–H and O–H groups in total. The summed E-state index contributed by atoms with van der Waals surface area (Å²) in [5, 5.41) is 13.1. The van der Waals surface area contributed by atoms with Crippen LogP contribution < -0.4 is 5.43 Å². The Bertz CT molecular complexity index is 293. The Morgan fingerprint density at radius 1 is 1.28 bits per heavy atom. The molecule has 0 aromatic heterocycles. The van der Waals surface area contributed by atoms with E-state index in [0.717, 1.165) is 18.6 Å². The number of nitrogens with one attached hydrogen (secondary N) is 1. The third-order valence-corrected chi connectivity index (χ3v) is 3.25. The summed E-state index contributed by atoms with van der Waals surface area (Å²) < 4.78 is 0. The van der Waals surface area contributed by atoms with E-state index in [1.165, 1.54) is 0 Å². The molecule has 106 valence electrons. The molecule has 0 rings (SSSR count). The molecule has 0 bridgehead atoms. The van der Waals surface area contributed by atoms with Crippen molar-refractivity contribution in [1.82, 2.24) is 5.43 Å². The Morgan fingerprint density at radius 2 is 1.89 bits per heavy atom. The molecule has 0 aromatic carbocycles. The molecular formula is C14H29N3O. The molecule has 0 aliphatic carbocycles. The Labute approximate surface area is 112 Å². The average Bonchev–Trinajstić information content (AvgIpc) is 2.27. The standard InChI is InChI=1S/C14H29N3O/c1-7-13(2,3)11-14(4,5)12(17-15-6)10-16-8-9-18/h10,15,18H,7-9,11H2,1-6H3/b16-10?,17-12+. The fourth-order valence-electron chi connectivity index (χ4n) is 2.10. The van der Waals surface area contributed by atoms with E-state index in [4.69, 9.17) is 5.11 Å². The van der Waals surface area contributed by atoms with Crippen molar-refractivity contribution in [3.05, 3.63) is 0 Å². The first kappa shape index (κ1) is 17.1. The molecule has 0 aliphatic rings. The molecule has 0 fully saturated rings. The highest BCUT2D eigenvalue weighted by atomic mass is 16.3. The number of aliphatic hydroxyl groups is 1. The molecule has 0 saturated heterocycles. The maximum absolute atomic E-state index is 8.77. The third kappa shape index (κ3) is 6.15. The fourth-order valence-corrected chi connectivity index (χ4v) is 2.10. The van der Waals surface area contributed by atoms with Gasteiger partial charge in [0.15, 0.2) is 0 Å². The van der Waals surface area contributed by atoms with Gasteiger partial charge in [-0.1, -0.05) is 41.0 Å². The zero-order chi connectivity index (χ0) is 14.2. The van der Waals surface area contributed by atoms with Crippen LogP contribution in [0.2, 0.25) is 0 Å². The molecule has 4 heteroatoms. The first-order chi connectivity index (χ1) is 8.29. The lowest BCUT2D eigenvalue weighted by atomic mass is 9.71. The maximum Gasteiger partial charge on any atom is 0.0836 e.